The van der Waals surface area contributed by atoms with E-state index in [2.05, 4.69) is 6.92 Å². The van der Waals surface area contributed by atoms with Crippen LogP contribution in [-0.2, 0) is 11.3 Å². The van der Waals surface area contributed by atoms with Crippen molar-refractivity contribution in [1.82, 2.24) is 9.47 Å². The molecule has 0 aliphatic carbocycles. The van der Waals surface area contributed by atoms with Gasteiger partial charge in [-0.15, -0.1) is 0 Å². The molecule has 0 radical (unpaired) electrons. The SMILES string of the molecule is CCCn1c(C(=O)N(CCC(=O)O)CC(C)C)cc2ccccc21. The van der Waals surface area contributed by atoms with E-state index in [1.807, 2.05) is 48.7 Å². The Hall–Kier alpha value is -2.30. The van der Waals surface area contributed by atoms with Crippen LogP contribution in [0.5, 0.6) is 0 Å². The molecule has 0 fully saturated rings. The van der Waals surface area contributed by atoms with E-state index in [0.717, 1.165) is 23.9 Å². The highest BCUT2D eigenvalue weighted by atomic mass is 16.4. The van der Waals surface area contributed by atoms with E-state index >= 15 is 0 Å². The molecule has 1 N–H and O–H groups in total. The van der Waals surface area contributed by atoms with Crippen molar-refractivity contribution in [2.45, 2.75) is 40.2 Å². The third kappa shape index (κ3) is 4.16. The third-order valence-electron chi connectivity index (χ3n) is 3.95. The molecule has 0 atom stereocenters. The molecule has 0 aliphatic heterocycles. The summed E-state index contributed by atoms with van der Waals surface area (Å²) < 4.78 is 2.05. The Morgan fingerprint density at radius 1 is 1.25 bits per heavy atom. The number of para-hydroxylation sites is 1. The Labute approximate surface area is 142 Å². The van der Waals surface area contributed by atoms with E-state index < -0.39 is 5.97 Å². The Bertz CT molecular complexity index is 718. The van der Waals surface area contributed by atoms with Gasteiger partial charge in [0, 0.05) is 30.5 Å². The summed E-state index contributed by atoms with van der Waals surface area (Å²) in [6.07, 6.45) is 0.894. The molecular formula is C19H26N2O3. The van der Waals surface area contributed by atoms with Crippen LogP contribution in [0.25, 0.3) is 10.9 Å². The lowest BCUT2D eigenvalue weighted by Gasteiger charge is -2.24. The third-order valence-corrected chi connectivity index (χ3v) is 3.95. The second-order valence-electron chi connectivity index (χ2n) is 6.53. The quantitative estimate of drug-likeness (QED) is 0.804. The van der Waals surface area contributed by atoms with E-state index in [0.29, 0.717) is 12.2 Å². The first-order valence-electron chi connectivity index (χ1n) is 8.53. The van der Waals surface area contributed by atoms with Crippen molar-refractivity contribution < 1.29 is 14.7 Å². The zero-order valence-corrected chi connectivity index (χ0v) is 14.7. The molecule has 1 amide bonds. The monoisotopic (exact) mass is 330 g/mol. The van der Waals surface area contributed by atoms with Crippen molar-refractivity contribution >= 4 is 22.8 Å². The highest BCUT2D eigenvalue weighted by molar-refractivity contribution is 5.99. The molecule has 0 aliphatic rings. The lowest BCUT2D eigenvalue weighted by atomic mass is 10.2. The van der Waals surface area contributed by atoms with Gasteiger partial charge in [-0.2, -0.15) is 0 Å². The highest BCUT2D eigenvalue weighted by Gasteiger charge is 2.22. The molecule has 1 aromatic heterocycles. The maximum Gasteiger partial charge on any atom is 0.305 e. The number of carboxylic acids is 1. The maximum absolute atomic E-state index is 13.1. The van der Waals surface area contributed by atoms with Gasteiger partial charge >= 0.3 is 5.97 Å². The van der Waals surface area contributed by atoms with Gasteiger partial charge in [-0.1, -0.05) is 39.0 Å². The number of aromatic nitrogens is 1. The van der Waals surface area contributed by atoms with Crippen LogP contribution in [0, 0.1) is 5.92 Å². The standard InChI is InChI=1S/C19H26N2O3/c1-4-10-21-16-8-6-5-7-15(16)12-17(21)19(24)20(13-14(2)3)11-9-18(22)23/h5-8,12,14H,4,9-11,13H2,1-3H3,(H,22,23). The molecule has 2 aromatic rings. The van der Waals surface area contributed by atoms with Crippen molar-refractivity contribution in [2.24, 2.45) is 5.92 Å². The van der Waals surface area contributed by atoms with E-state index in [-0.39, 0.29) is 24.8 Å². The van der Waals surface area contributed by atoms with Crippen molar-refractivity contribution in [3.05, 3.63) is 36.0 Å². The molecule has 2 rings (SSSR count). The van der Waals surface area contributed by atoms with Gasteiger partial charge in [-0.25, -0.2) is 0 Å². The van der Waals surface area contributed by atoms with Crippen molar-refractivity contribution in [2.75, 3.05) is 13.1 Å². The van der Waals surface area contributed by atoms with E-state index in [1.54, 1.807) is 4.90 Å². The predicted molar refractivity (Wildman–Crippen MR) is 95.2 cm³/mol. The van der Waals surface area contributed by atoms with Crippen molar-refractivity contribution in [3.8, 4) is 0 Å². The number of fused-ring (bicyclic) bond motifs is 1. The fourth-order valence-electron chi connectivity index (χ4n) is 2.96. The van der Waals surface area contributed by atoms with Crippen LogP contribution in [-0.4, -0.2) is 39.5 Å². The number of carbonyl (C=O) groups excluding carboxylic acids is 1. The zero-order chi connectivity index (χ0) is 17.7. The number of hydrogen-bond donors (Lipinski definition) is 1. The van der Waals surface area contributed by atoms with Crippen LogP contribution < -0.4 is 0 Å². The molecule has 0 spiro atoms. The number of aliphatic carboxylic acids is 1. The van der Waals surface area contributed by atoms with Crippen LogP contribution >= 0.6 is 0 Å². The van der Waals surface area contributed by atoms with E-state index in [9.17, 15) is 9.59 Å². The van der Waals surface area contributed by atoms with Gasteiger partial charge < -0.3 is 14.6 Å². The van der Waals surface area contributed by atoms with Crippen LogP contribution in [0.4, 0.5) is 0 Å². The summed E-state index contributed by atoms with van der Waals surface area (Å²) in [6, 6.07) is 9.87. The van der Waals surface area contributed by atoms with E-state index in [1.165, 1.54) is 0 Å². The molecule has 0 saturated carbocycles. The molecule has 130 valence electrons. The number of amides is 1. The lowest BCUT2D eigenvalue weighted by Crippen LogP contribution is -2.37. The number of carboxylic acid groups (broad SMARTS) is 1. The van der Waals surface area contributed by atoms with E-state index in [4.69, 9.17) is 5.11 Å². The minimum absolute atomic E-state index is 0.0353. The van der Waals surface area contributed by atoms with Gasteiger partial charge in [0.2, 0.25) is 0 Å². The molecule has 5 heteroatoms. The number of nitrogens with zero attached hydrogens (tertiary/aromatic N) is 2. The number of carbonyl (C=O) groups is 2. The largest absolute Gasteiger partial charge is 0.481 e. The second-order valence-corrected chi connectivity index (χ2v) is 6.53. The van der Waals surface area contributed by atoms with Gasteiger partial charge in [0.25, 0.3) is 5.91 Å². The summed E-state index contributed by atoms with van der Waals surface area (Å²) in [5.41, 5.74) is 1.69. The van der Waals surface area contributed by atoms with Gasteiger partial charge in [-0.3, -0.25) is 9.59 Å². The number of aryl methyl sites for hydroxylation is 1. The summed E-state index contributed by atoms with van der Waals surface area (Å²) in [6.45, 7) is 7.70. The minimum Gasteiger partial charge on any atom is -0.481 e. The van der Waals surface area contributed by atoms with Crippen LogP contribution in [0.1, 0.15) is 44.1 Å². The van der Waals surface area contributed by atoms with Gasteiger partial charge in [0.05, 0.1) is 6.42 Å². The van der Waals surface area contributed by atoms with Crippen LogP contribution in [0.3, 0.4) is 0 Å². The summed E-state index contributed by atoms with van der Waals surface area (Å²) in [5.74, 6) is -0.688. The summed E-state index contributed by atoms with van der Waals surface area (Å²) in [7, 11) is 0. The molecule has 24 heavy (non-hydrogen) atoms. The van der Waals surface area contributed by atoms with Crippen LogP contribution in [0.2, 0.25) is 0 Å². The van der Waals surface area contributed by atoms with Gasteiger partial charge in [0.1, 0.15) is 5.69 Å². The maximum atomic E-state index is 13.1. The Kier molecular flexibility index (Phi) is 6.01. The Balaban J connectivity index is 2.38. The lowest BCUT2D eigenvalue weighted by molar-refractivity contribution is -0.137. The van der Waals surface area contributed by atoms with Crippen molar-refractivity contribution in [3.63, 3.8) is 0 Å². The first-order valence-corrected chi connectivity index (χ1v) is 8.53. The smallest absolute Gasteiger partial charge is 0.305 e. The van der Waals surface area contributed by atoms with Gasteiger partial charge in [-0.05, 0) is 24.5 Å². The molecule has 5 nitrogen and oxygen atoms in total. The van der Waals surface area contributed by atoms with Gasteiger partial charge in [0.15, 0.2) is 0 Å². The molecule has 0 unspecified atom stereocenters. The summed E-state index contributed by atoms with van der Waals surface area (Å²) in [5, 5.41) is 10.00. The fraction of sp³-hybridized carbons (Fsp3) is 0.474. The normalized spacial score (nSPS) is 11.2. The molecule has 0 bridgehead atoms. The molecule has 0 saturated heterocycles. The van der Waals surface area contributed by atoms with Crippen molar-refractivity contribution in [1.29, 1.82) is 0 Å². The topological polar surface area (TPSA) is 62.5 Å². The molecule has 1 aromatic carbocycles. The molecule has 1 heterocycles. The predicted octanol–water partition coefficient (Wildman–Crippen LogP) is 3.62. The minimum atomic E-state index is -0.884. The number of rotatable bonds is 8. The fourth-order valence-corrected chi connectivity index (χ4v) is 2.96. The highest BCUT2D eigenvalue weighted by Crippen LogP contribution is 2.22. The molecular weight excluding hydrogens is 304 g/mol. The average molecular weight is 330 g/mol. The average Bonchev–Trinajstić information content (AvgIpc) is 2.89. The number of hydrogen-bond acceptors (Lipinski definition) is 2. The van der Waals surface area contributed by atoms with Crippen LogP contribution in [0.15, 0.2) is 30.3 Å². The first kappa shape index (κ1) is 18.0. The zero-order valence-electron chi connectivity index (χ0n) is 14.7. The summed E-state index contributed by atoms with van der Waals surface area (Å²) in [4.78, 5) is 25.7. The number of benzene rings is 1. The Morgan fingerprint density at radius 3 is 2.58 bits per heavy atom. The first-order chi connectivity index (χ1) is 11.4. The Morgan fingerprint density at radius 2 is 1.96 bits per heavy atom. The second kappa shape index (κ2) is 7.99. The summed E-state index contributed by atoms with van der Waals surface area (Å²) >= 11 is 0.